The summed E-state index contributed by atoms with van der Waals surface area (Å²) in [5.74, 6) is 5.38. The van der Waals surface area contributed by atoms with Gasteiger partial charge in [-0.25, -0.2) is 5.84 Å². The van der Waals surface area contributed by atoms with E-state index in [1.165, 1.54) is 0 Å². The van der Waals surface area contributed by atoms with E-state index in [2.05, 4.69) is 10.4 Å². The van der Waals surface area contributed by atoms with Crippen molar-refractivity contribution in [2.75, 3.05) is 0 Å². The van der Waals surface area contributed by atoms with Gasteiger partial charge < -0.3 is 4.74 Å². The van der Waals surface area contributed by atoms with Gasteiger partial charge in [-0.05, 0) is 32.9 Å². The van der Waals surface area contributed by atoms with Crippen LogP contribution in [0.4, 0.5) is 0 Å². The Labute approximate surface area is 111 Å². The van der Waals surface area contributed by atoms with Crippen molar-refractivity contribution in [3.8, 4) is 5.75 Å². The first-order valence-corrected chi connectivity index (χ1v) is 6.06. The summed E-state index contributed by atoms with van der Waals surface area (Å²) in [5, 5.41) is 0.891. The number of aryl methyl sites for hydroxylation is 2. The molecule has 0 saturated heterocycles. The number of benzene rings is 1. The highest BCUT2D eigenvalue weighted by Crippen LogP contribution is 2.27. The lowest BCUT2D eigenvalue weighted by atomic mass is 10.1. The molecular weight excluding hydrogens is 242 g/mol. The third-order valence-corrected chi connectivity index (χ3v) is 2.87. The smallest absolute Gasteiger partial charge is 0.274 e. The summed E-state index contributed by atoms with van der Waals surface area (Å²) in [6.45, 7) is 5.54. The van der Waals surface area contributed by atoms with Crippen molar-refractivity contribution >= 4 is 16.8 Å². The molecule has 2 rings (SSSR count). The molecule has 5 nitrogen and oxygen atoms in total. The van der Waals surface area contributed by atoms with Crippen LogP contribution < -0.4 is 16.0 Å². The van der Waals surface area contributed by atoms with Crippen molar-refractivity contribution in [2.45, 2.75) is 26.9 Å². The maximum atomic E-state index is 11.4. The Kier molecular flexibility index (Phi) is 3.66. The van der Waals surface area contributed by atoms with Crippen LogP contribution in [0.25, 0.3) is 10.9 Å². The van der Waals surface area contributed by atoms with Crippen LogP contribution in [0.2, 0.25) is 0 Å². The van der Waals surface area contributed by atoms with Gasteiger partial charge in [-0.1, -0.05) is 11.6 Å². The minimum atomic E-state index is -0.657. The highest BCUT2D eigenvalue weighted by Gasteiger charge is 2.15. The Bertz CT molecular complexity index is 625. The summed E-state index contributed by atoms with van der Waals surface area (Å²) >= 11 is 0. The minimum Gasteiger partial charge on any atom is -0.480 e. The molecule has 1 amide bonds. The van der Waals surface area contributed by atoms with E-state index < -0.39 is 6.10 Å². The van der Waals surface area contributed by atoms with Gasteiger partial charge in [0, 0.05) is 17.1 Å². The number of hydrazine groups is 1. The molecule has 2 aromatic rings. The summed E-state index contributed by atoms with van der Waals surface area (Å²) in [6.07, 6.45) is -0.657. The summed E-state index contributed by atoms with van der Waals surface area (Å²) in [6, 6.07) is 7.75. The molecule has 0 aliphatic rings. The fraction of sp³-hybridized carbons (Fsp3) is 0.286. The van der Waals surface area contributed by atoms with Crippen LogP contribution >= 0.6 is 0 Å². The lowest BCUT2D eigenvalue weighted by Crippen LogP contribution is -2.40. The fourth-order valence-electron chi connectivity index (χ4n) is 1.89. The molecule has 1 aromatic heterocycles. The molecular formula is C14H17N3O2. The van der Waals surface area contributed by atoms with Gasteiger partial charge >= 0.3 is 0 Å². The van der Waals surface area contributed by atoms with Gasteiger partial charge in [-0.3, -0.25) is 15.2 Å². The van der Waals surface area contributed by atoms with Gasteiger partial charge in [0.25, 0.3) is 5.91 Å². The third kappa shape index (κ3) is 2.82. The molecule has 1 aromatic carbocycles. The summed E-state index contributed by atoms with van der Waals surface area (Å²) in [4.78, 5) is 15.9. The van der Waals surface area contributed by atoms with Gasteiger partial charge in [0.2, 0.25) is 0 Å². The molecule has 0 saturated carbocycles. The molecule has 0 aliphatic heterocycles. The van der Waals surface area contributed by atoms with E-state index in [9.17, 15) is 4.79 Å². The van der Waals surface area contributed by atoms with Crippen molar-refractivity contribution in [2.24, 2.45) is 5.84 Å². The zero-order valence-electron chi connectivity index (χ0n) is 11.2. The van der Waals surface area contributed by atoms with E-state index in [-0.39, 0.29) is 5.91 Å². The Morgan fingerprint density at radius 2 is 2.11 bits per heavy atom. The van der Waals surface area contributed by atoms with Crippen LogP contribution in [-0.4, -0.2) is 17.0 Å². The van der Waals surface area contributed by atoms with Crippen LogP contribution in [0.15, 0.2) is 24.3 Å². The molecule has 0 aliphatic carbocycles. The first kappa shape index (κ1) is 13.3. The highest BCUT2D eigenvalue weighted by atomic mass is 16.5. The van der Waals surface area contributed by atoms with E-state index in [1.54, 1.807) is 6.92 Å². The number of carbonyl (C=O) groups is 1. The predicted molar refractivity (Wildman–Crippen MR) is 73.6 cm³/mol. The van der Waals surface area contributed by atoms with Gasteiger partial charge in [0.05, 0.1) is 5.52 Å². The van der Waals surface area contributed by atoms with Crippen LogP contribution in [0.5, 0.6) is 5.75 Å². The number of ether oxygens (including phenoxy) is 1. The molecule has 1 atom stereocenters. The van der Waals surface area contributed by atoms with Crippen molar-refractivity contribution in [1.29, 1.82) is 0 Å². The molecule has 3 N–H and O–H groups in total. The third-order valence-electron chi connectivity index (χ3n) is 2.87. The quantitative estimate of drug-likeness (QED) is 0.499. The number of rotatable bonds is 3. The average Bonchev–Trinajstić information content (AvgIpc) is 2.38. The fourth-order valence-corrected chi connectivity index (χ4v) is 1.89. The standard InChI is InChI=1S/C14H17N3O2/c1-8-4-5-12-11(6-8)13(7-9(2)16-12)19-10(3)14(18)17-15/h4-7,10H,15H2,1-3H3,(H,17,18). The molecule has 0 fully saturated rings. The van der Waals surface area contributed by atoms with E-state index in [0.717, 1.165) is 22.2 Å². The maximum Gasteiger partial charge on any atom is 0.274 e. The number of hydrogen-bond donors (Lipinski definition) is 2. The first-order chi connectivity index (χ1) is 9.01. The second-order valence-electron chi connectivity index (χ2n) is 4.55. The number of nitrogens with one attached hydrogen (secondary N) is 1. The van der Waals surface area contributed by atoms with Crippen molar-refractivity contribution in [3.63, 3.8) is 0 Å². The Morgan fingerprint density at radius 1 is 1.37 bits per heavy atom. The van der Waals surface area contributed by atoms with E-state index >= 15 is 0 Å². The predicted octanol–water partition coefficient (Wildman–Crippen LogP) is 1.61. The number of hydrogen-bond acceptors (Lipinski definition) is 4. The molecule has 5 heteroatoms. The van der Waals surface area contributed by atoms with Crippen LogP contribution in [0.3, 0.4) is 0 Å². The Balaban J connectivity index is 2.46. The number of nitrogens with two attached hydrogens (primary N) is 1. The highest BCUT2D eigenvalue weighted by molar-refractivity contribution is 5.87. The topological polar surface area (TPSA) is 77.2 Å². The molecule has 0 radical (unpaired) electrons. The zero-order chi connectivity index (χ0) is 14.0. The number of carbonyl (C=O) groups excluding carboxylic acids is 1. The van der Waals surface area contributed by atoms with Crippen molar-refractivity contribution in [1.82, 2.24) is 10.4 Å². The monoisotopic (exact) mass is 259 g/mol. The lowest BCUT2D eigenvalue weighted by Gasteiger charge is -2.15. The van der Waals surface area contributed by atoms with Crippen LogP contribution in [0, 0.1) is 13.8 Å². The van der Waals surface area contributed by atoms with Crippen LogP contribution in [0.1, 0.15) is 18.2 Å². The van der Waals surface area contributed by atoms with E-state index in [1.807, 2.05) is 38.1 Å². The number of pyridine rings is 1. The van der Waals surface area contributed by atoms with Crippen LogP contribution in [-0.2, 0) is 4.79 Å². The van der Waals surface area contributed by atoms with Gasteiger partial charge in [-0.15, -0.1) is 0 Å². The lowest BCUT2D eigenvalue weighted by molar-refractivity contribution is -0.127. The minimum absolute atomic E-state index is 0.365. The second kappa shape index (κ2) is 5.24. The SMILES string of the molecule is Cc1ccc2nc(C)cc(OC(C)C(=O)NN)c2c1. The number of aromatic nitrogens is 1. The largest absolute Gasteiger partial charge is 0.480 e. The Hall–Kier alpha value is -2.14. The number of amides is 1. The number of nitrogens with zero attached hydrogens (tertiary/aromatic N) is 1. The summed E-state index contributed by atoms with van der Waals surface area (Å²) in [7, 11) is 0. The zero-order valence-corrected chi connectivity index (χ0v) is 11.2. The van der Waals surface area contributed by atoms with Gasteiger partial charge in [-0.2, -0.15) is 0 Å². The first-order valence-electron chi connectivity index (χ1n) is 6.06. The van der Waals surface area contributed by atoms with Crippen molar-refractivity contribution in [3.05, 3.63) is 35.5 Å². The molecule has 100 valence electrons. The average molecular weight is 259 g/mol. The normalized spacial score (nSPS) is 12.2. The molecule has 0 spiro atoms. The van der Waals surface area contributed by atoms with E-state index in [0.29, 0.717) is 5.75 Å². The summed E-state index contributed by atoms with van der Waals surface area (Å²) < 4.78 is 5.68. The Morgan fingerprint density at radius 3 is 2.79 bits per heavy atom. The van der Waals surface area contributed by atoms with Crippen molar-refractivity contribution < 1.29 is 9.53 Å². The molecule has 19 heavy (non-hydrogen) atoms. The molecule has 1 unspecified atom stereocenters. The van der Waals surface area contributed by atoms with E-state index in [4.69, 9.17) is 10.6 Å². The van der Waals surface area contributed by atoms with Gasteiger partial charge in [0.15, 0.2) is 6.10 Å². The maximum absolute atomic E-state index is 11.4. The summed E-state index contributed by atoms with van der Waals surface area (Å²) in [5.41, 5.74) is 4.88. The molecule has 1 heterocycles. The van der Waals surface area contributed by atoms with Gasteiger partial charge in [0.1, 0.15) is 5.75 Å². The second-order valence-corrected chi connectivity index (χ2v) is 4.55. The number of fused-ring (bicyclic) bond motifs is 1. The molecule has 0 bridgehead atoms.